The first-order valence-corrected chi connectivity index (χ1v) is 8.28. The molecular weight excluding hydrogens is 470 g/mol. The number of pyridine rings is 1. The van der Waals surface area contributed by atoms with Gasteiger partial charge in [0.1, 0.15) is 11.6 Å². The van der Waals surface area contributed by atoms with E-state index in [1.807, 2.05) is 11.4 Å². The highest BCUT2D eigenvalue weighted by atomic mass is 127. The Morgan fingerprint density at radius 2 is 2.26 bits per heavy atom. The lowest BCUT2D eigenvalue weighted by Crippen LogP contribution is -2.35. The zero-order chi connectivity index (χ0) is 15.8. The molecule has 0 fully saturated rings. The maximum absolute atomic E-state index is 5.95. The lowest BCUT2D eigenvalue weighted by Gasteiger charge is -2.08. The smallest absolute Gasteiger partial charge is 0.232 e. The van der Waals surface area contributed by atoms with Crippen molar-refractivity contribution >= 4 is 64.5 Å². The van der Waals surface area contributed by atoms with Crippen molar-refractivity contribution < 1.29 is 4.74 Å². The molecule has 0 amide bonds. The van der Waals surface area contributed by atoms with Gasteiger partial charge in [-0.1, -0.05) is 29.3 Å². The van der Waals surface area contributed by atoms with Crippen LogP contribution in [0.4, 0.5) is 0 Å². The van der Waals surface area contributed by atoms with Crippen LogP contribution in [-0.2, 0) is 6.42 Å². The van der Waals surface area contributed by atoms with Crippen LogP contribution >= 0.6 is 58.5 Å². The molecule has 0 saturated carbocycles. The van der Waals surface area contributed by atoms with Gasteiger partial charge in [-0.2, -0.15) is 0 Å². The van der Waals surface area contributed by atoms with E-state index in [1.165, 1.54) is 11.1 Å². The number of halogens is 3. The molecule has 0 aliphatic rings. The highest BCUT2D eigenvalue weighted by Gasteiger charge is 2.03. The van der Waals surface area contributed by atoms with Crippen molar-refractivity contribution in [2.24, 2.45) is 10.7 Å². The summed E-state index contributed by atoms with van der Waals surface area (Å²) in [6.07, 6.45) is 2.37. The Morgan fingerprint density at radius 1 is 1.43 bits per heavy atom. The monoisotopic (exact) mass is 486 g/mol. The summed E-state index contributed by atoms with van der Waals surface area (Å²) in [7, 11) is 0. The highest BCUT2D eigenvalue weighted by Crippen LogP contribution is 2.24. The van der Waals surface area contributed by atoms with Gasteiger partial charge in [0.05, 0.1) is 11.6 Å². The van der Waals surface area contributed by atoms with Crippen molar-refractivity contribution in [3.63, 3.8) is 0 Å². The molecule has 0 aliphatic carbocycles. The van der Waals surface area contributed by atoms with Gasteiger partial charge in [-0.25, -0.2) is 4.98 Å². The van der Waals surface area contributed by atoms with E-state index in [0.29, 0.717) is 41.6 Å². The van der Waals surface area contributed by atoms with Gasteiger partial charge in [0.15, 0.2) is 5.96 Å². The average molecular weight is 487 g/mol. The summed E-state index contributed by atoms with van der Waals surface area (Å²) in [4.78, 5) is 9.54. The largest absolute Gasteiger partial charge is 0.475 e. The first kappa shape index (κ1) is 20.3. The van der Waals surface area contributed by atoms with E-state index in [9.17, 15) is 0 Å². The van der Waals surface area contributed by atoms with Crippen molar-refractivity contribution in [3.05, 3.63) is 44.7 Å². The van der Waals surface area contributed by atoms with Gasteiger partial charge in [0.2, 0.25) is 5.88 Å². The summed E-state index contributed by atoms with van der Waals surface area (Å²) in [5.74, 6) is 0.747. The molecule has 2 rings (SSSR count). The summed E-state index contributed by atoms with van der Waals surface area (Å²) in [6, 6.07) is 5.69. The number of nitrogens with one attached hydrogen (secondary N) is 1. The molecule has 5 nitrogen and oxygen atoms in total. The lowest BCUT2D eigenvalue weighted by molar-refractivity contribution is 0.310. The van der Waals surface area contributed by atoms with Crippen molar-refractivity contribution in [1.29, 1.82) is 0 Å². The maximum atomic E-state index is 5.95. The fourth-order valence-electron chi connectivity index (χ4n) is 1.63. The zero-order valence-electron chi connectivity index (χ0n) is 12.2. The minimum Gasteiger partial charge on any atom is -0.475 e. The molecule has 9 heteroatoms. The molecular formula is C14H17Cl2IN4OS. The topological polar surface area (TPSA) is 72.5 Å². The number of hydrogen-bond donors (Lipinski definition) is 2. The molecule has 23 heavy (non-hydrogen) atoms. The number of aliphatic imine (C=N–C) groups is 1. The van der Waals surface area contributed by atoms with Gasteiger partial charge >= 0.3 is 0 Å². The van der Waals surface area contributed by atoms with Crippen LogP contribution in [0.3, 0.4) is 0 Å². The molecule has 2 aromatic rings. The van der Waals surface area contributed by atoms with E-state index in [1.54, 1.807) is 17.4 Å². The van der Waals surface area contributed by atoms with Crippen LogP contribution in [-0.4, -0.2) is 30.6 Å². The second kappa shape index (κ2) is 10.9. The molecule has 126 valence electrons. The fourth-order valence-corrected chi connectivity index (χ4v) is 2.77. The number of ether oxygens (including phenoxy) is 1. The number of rotatable bonds is 7. The number of guanidine groups is 1. The predicted octanol–water partition coefficient (Wildman–Crippen LogP) is 3.59. The van der Waals surface area contributed by atoms with E-state index in [4.69, 9.17) is 33.7 Å². The molecule has 3 N–H and O–H groups in total. The van der Waals surface area contributed by atoms with Crippen LogP contribution in [0.15, 0.2) is 34.8 Å². The molecule has 2 aromatic heterocycles. The maximum Gasteiger partial charge on any atom is 0.232 e. The van der Waals surface area contributed by atoms with Crippen LogP contribution in [0.1, 0.15) is 4.88 Å². The zero-order valence-corrected chi connectivity index (χ0v) is 16.8. The summed E-state index contributed by atoms with van der Waals surface area (Å²) in [5.41, 5.74) is 5.77. The Labute approximate surface area is 166 Å². The van der Waals surface area contributed by atoms with Gasteiger partial charge in [0.25, 0.3) is 0 Å². The second-order valence-corrected chi connectivity index (χ2v) is 6.19. The molecule has 0 aliphatic heterocycles. The molecule has 0 aromatic carbocycles. The Balaban J connectivity index is 0.00000264. The quantitative estimate of drug-likeness (QED) is 0.271. The van der Waals surface area contributed by atoms with E-state index >= 15 is 0 Å². The number of hydrogen-bond acceptors (Lipinski definition) is 4. The van der Waals surface area contributed by atoms with Crippen LogP contribution in [0.25, 0.3) is 0 Å². The Morgan fingerprint density at radius 3 is 2.96 bits per heavy atom. The predicted molar refractivity (Wildman–Crippen MR) is 108 cm³/mol. The Kier molecular flexibility index (Phi) is 9.61. The highest BCUT2D eigenvalue weighted by molar-refractivity contribution is 14.0. The van der Waals surface area contributed by atoms with Gasteiger partial charge in [-0.05, 0) is 17.5 Å². The first-order chi connectivity index (χ1) is 10.6. The number of nitrogens with two attached hydrogens (primary N) is 1. The van der Waals surface area contributed by atoms with Crippen molar-refractivity contribution in [1.82, 2.24) is 10.3 Å². The SMILES string of the molecule is I.NC(=NCCc1cccs1)NCCOc1ncc(Cl)cc1Cl. The van der Waals surface area contributed by atoms with Gasteiger partial charge < -0.3 is 15.8 Å². The van der Waals surface area contributed by atoms with Gasteiger partial charge in [-0.15, -0.1) is 35.3 Å². The standard InChI is InChI=1S/C14H16Cl2N4OS.HI/c15-10-8-12(16)13(20-9-10)21-6-5-19-14(17)18-4-3-11-2-1-7-22-11;/h1-2,7-9H,3-6H2,(H3,17,18,19);1H. The third-order valence-electron chi connectivity index (χ3n) is 2.64. The lowest BCUT2D eigenvalue weighted by atomic mass is 10.3. The average Bonchev–Trinajstić information content (AvgIpc) is 2.99. The summed E-state index contributed by atoms with van der Waals surface area (Å²) >= 11 is 13.4. The molecule has 0 radical (unpaired) electrons. The van der Waals surface area contributed by atoms with Crippen LogP contribution in [0.2, 0.25) is 10.0 Å². The van der Waals surface area contributed by atoms with E-state index in [-0.39, 0.29) is 24.0 Å². The van der Waals surface area contributed by atoms with Crippen molar-refractivity contribution in [3.8, 4) is 5.88 Å². The summed E-state index contributed by atoms with van der Waals surface area (Å²) in [5, 5.41) is 5.87. The van der Waals surface area contributed by atoms with Crippen LogP contribution < -0.4 is 15.8 Å². The molecule has 0 saturated heterocycles. The fraction of sp³-hybridized carbons (Fsp3) is 0.286. The van der Waals surface area contributed by atoms with E-state index in [0.717, 1.165) is 6.42 Å². The van der Waals surface area contributed by atoms with E-state index < -0.39 is 0 Å². The summed E-state index contributed by atoms with van der Waals surface area (Å²) in [6.45, 7) is 1.54. The Bertz CT molecular complexity index is 625. The number of thiophene rings is 1. The molecule has 0 atom stereocenters. The van der Waals surface area contributed by atoms with E-state index in [2.05, 4.69) is 21.4 Å². The first-order valence-electron chi connectivity index (χ1n) is 6.65. The molecule has 0 unspecified atom stereocenters. The van der Waals surface area contributed by atoms with Gasteiger partial charge in [-0.3, -0.25) is 4.99 Å². The number of aromatic nitrogens is 1. The molecule has 2 heterocycles. The Hall–Kier alpha value is -0.770. The van der Waals surface area contributed by atoms with Crippen molar-refractivity contribution in [2.75, 3.05) is 19.7 Å². The number of nitrogens with zero attached hydrogens (tertiary/aromatic N) is 2. The van der Waals surface area contributed by atoms with Gasteiger partial charge in [0, 0.05) is 24.0 Å². The molecule has 0 bridgehead atoms. The summed E-state index contributed by atoms with van der Waals surface area (Å²) < 4.78 is 5.43. The van der Waals surface area contributed by atoms with Crippen molar-refractivity contribution in [2.45, 2.75) is 6.42 Å². The normalized spacial score (nSPS) is 11.0. The van der Waals surface area contributed by atoms with Crippen LogP contribution in [0, 0.1) is 0 Å². The third kappa shape index (κ3) is 7.56. The van der Waals surface area contributed by atoms with Crippen LogP contribution in [0.5, 0.6) is 5.88 Å². The third-order valence-corrected chi connectivity index (χ3v) is 4.06. The minimum atomic E-state index is 0. The molecule has 0 spiro atoms. The second-order valence-electron chi connectivity index (χ2n) is 4.31. The minimum absolute atomic E-state index is 0.